The van der Waals surface area contributed by atoms with Crippen molar-refractivity contribution in [3.05, 3.63) is 82.5 Å². The number of nitrogens with one attached hydrogen (secondary N) is 2. The molecule has 0 radical (unpaired) electrons. The highest BCUT2D eigenvalue weighted by molar-refractivity contribution is 6.29. The summed E-state index contributed by atoms with van der Waals surface area (Å²) in [5.41, 5.74) is 10.5. The molecule has 4 aromatic rings. The second kappa shape index (κ2) is 12.3. The number of pyridine rings is 2. The van der Waals surface area contributed by atoms with Gasteiger partial charge in [-0.1, -0.05) is 17.7 Å². The number of carbonyl (C=O) groups excluding carboxylic acids is 1. The molecule has 0 saturated carbocycles. The molecule has 0 saturated heterocycles. The van der Waals surface area contributed by atoms with E-state index in [1.165, 1.54) is 6.20 Å². The van der Waals surface area contributed by atoms with Crippen LogP contribution in [-0.2, 0) is 17.8 Å². The summed E-state index contributed by atoms with van der Waals surface area (Å²) in [5.74, 6) is 1.16. The number of halogens is 1. The summed E-state index contributed by atoms with van der Waals surface area (Å²) in [6, 6.07) is 10.9. The number of rotatable bonds is 10. The average Bonchev–Trinajstić information content (AvgIpc) is 2.91. The molecule has 1 aromatic carbocycles. The second-order valence-corrected chi connectivity index (χ2v) is 8.81. The molecule has 11 heteroatoms. The summed E-state index contributed by atoms with van der Waals surface area (Å²) in [4.78, 5) is 29.8. The molecule has 0 spiro atoms. The van der Waals surface area contributed by atoms with Crippen molar-refractivity contribution in [1.29, 1.82) is 0 Å². The van der Waals surface area contributed by atoms with E-state index in [1.807, 2.05) is 31.2 Å². The van der Waals surface area contributed by atoms with Crippen LogP contribution >= 0.6 is 11.6 Å². The predicted octanol–water partition coefficient (Wildman–Crippen LogP) is 4.35. The van der Waals surface area contributed by atoms with E-state index in [-0.39, 0.29) is 11.1 Å². The van der Waals surface area contributed by atoms with E-state index in [0.29, 0.717) is 59.5 Å². The van der Waals surface area contributed by atoms with Gasteiger partial charge in [-0.3, -0.25) is 4.79 Å². The van der Waals surface area contributed by atoms with Gasteiger partial charge in [0.25, 0.3) is 5.91 Å². The van der Waals surface area contributed by atoms with Crippen LogP contribution in [0.4, 0.5) is 17.2 Å². The fourth-order valence-electron chi connectivity index (χ4n) is 3.78. The largest absolute Gasteiger partial charge is 0.494 e. The molecule has 10 nitrogen and oxygen atoms in total. The minimum Gasteiger partial charge on any atom is -0.494 e. The van der Waals surface area contributed by atoms with Gasteiger partial charge in [-0.25, -0.2) is 19.9 Å². The van der Waals surface area contributed by atoms with Gasteiger partial charge in [0.2, 0.25) is 0 Å². The Kier molecular flexibility index (Phi) is 8.67. The van der Waals surface area contributed by atoms with Crippen molar-refractivity contribution in [2.24, 2.45) is 0 Å². The lowest BCUT2D eigenvalue weighted by Crippen LogP contribution is -2.19. The Morgan fingerprint density at radius 3 is 2.58 bits per heavy atom. The first-order valence-corrected chi connectivity index (χ1v) is 12.2. The number of aryl methyl sites for hydroxylation is 1. The monoisotopic (exact) mass is 533 g/mol. The van der Waals surface area contributed by atoms with Crippen LogP contribution in [0.3, 0.4) is 0 Å². The van der Waals surface area contributed by atoms with E-state index >= 15 is 0 Å². The van der Waals surface area contributed by atoms with Crippen LogP contribution in [-0.4, -0.2) is 46.6 Å². The molecule has 3 heterocycles. The topological polar surface area (TPSA) is 137 Å². The zero-order valence-corrected chi connectivity index (χ0v) is 22.0. The van der Waals surface area contributed by atoms with Crippen molar-refractivity contribution in [1.82, 2.24) is 25.3 Å². The lowest BCUT2D eigenvalue weighted by molar-refractivity contribution is 0.0963. The fraction of sp³-hybridized carbons (Fsp3) is 0.222. The van der Waals surface area contributed by atoms with Gasteiger partial charge in [0.05, 0.1) is 48.5 Å². The molecule has 4 rings (SSSR count). The number of nitrogen functional groups attached to an aromatic ring is 1. The van der Waals surface area contributed by atoms with Crippen LogP contribution in [0.2, 0.25) is 5.15 Å². The predicted molar refractivity (Wildman–Crippen MR) is 147 cm³/mol. The lowest BCUT2D eigenvalue weighted by atomic mass is 10.0. The molecule has 0 aliphatic carbocycles. The zero-order valence-electron chi connectivity index (χ0n) is 21.3. The van der Waals surface area contributed by atoms with E-state index in [4.69, 9.17) is 26.8 Å². The number of carbonyl (C=O) groups is 1. The van der Waals surface area contributed by atoms with Gasteiger partial charge in [0.1, 0.15) is 11.0 Å². The van der Waals surface area contributed by atoms with E-state index in [1.54, 1.807) is 38.7 Å². The van der Waals surface area contributed by atoms with E-state index in [2.05, 4.69) is 30.6 Å². The van der Waals surface area contributed by atoms with E-state index in [0.717, 1.165) is 16.8 Å². The van der Waals surface area contributed by atoms with E-state index in [9.17, 15) is 4.79 Å². The normalized spacial score (nSPS) is 10.7. The minimum absolute atomic E-state index is 0.237. The highest BCUT2D eigenvalue weighted by Gasteiger charge is 2.19. The standard InChI is InChI=1S/C27H28ClN7O3/c1-16-12-32-26(33-13-16)19-9-17(7-8-38-15-18-5-4-6-24(29)34-18)10-22(25(19)37-3)35-21-11-23(28)31-14-20(21)27(36)30-2/h4-6,9-14H,7-8,15H2,1-3H3,(H2,29,34)(H,30,36)(H,31,35). The van der Waals surface area contributed by atoms with Gasteiger partial charge >= 0.3 is 0 Å². The number of ether oxygens (including phenoxy) is 2. The molecular weight excluding hydrogens is 506 g/mol. The Bertz CT molecular complexity index is 1430. The highest BCUT2D eigenvalue weighted by Crippen LogP contribution is 2.39. The number of methoxy groups -OCH3 is 1. The summed E-state index contributed by atoms with van der Waals surface area (Å²) < 4.78 is 11.7. The SMILES string of the molecule is CNC(=O)c1cnc(Cl)cc1Nc1cc(CCOCc2cccc(N)n2)cc(-c2ncc(C)cn2)c1OC. The van der Waals surface area contributed by atoms with Gasteiger partial charge in [-0.2, -0.15) is 0 Å². The number of benzene rings is 1. The number of anilines is 3. The number of nitrogens with two attached hydrogens (primary N) is 1. The molecule has 0 fully saturated rings. The molecule has 0 unspecified atom stereocenters. The molecule has 0 atom stereocenters. The Labute approximate surface area is 225 Å². The summed E-state index contributed by atoms with van der Waals surface area (Å²) in [6.45, 7) is 2.69. The summed E-state index contributed by atoms with van der Waals surface area (Å²) in [5, 5.41) is 6.16. The van der Waals surface area contributed by atoms with Crippen LogP contribution in [0, 0.1) is 6.92 Å². The summed E-state index contributed by atoms with van der Waals surface area (Å²) in [7, 11) is 3.12. The minimum atomic E-state index is -0.308. The van der Waals surface area contributed by atoms with Crippen molar-refractivity contribution < 1.29 is 14.3 Å². The van der Waals surface area contributed by atoms with E-state index < -0.39 is 0 Å². The molecule has 38 heavy (non-hydrogen) atoms. The molecule has 0 aliphatic heterocycles. The quantitative estimate of drug-likeness (QED) is 0.200. The lowest BCUT2D eigenvalue weighted by Gasteiger charge is -2.18. The highest BCUT2D eigenvalue weighted by atomic mass is 35.5. The van der Waals surface area contributed by atoms with Crippen molar-refractivity contribution in [2.45, 2.75) is 20.0 Å². The van der Waals surface area contributed by atoms with Gasteiger partial charge in [0, 0.05) is 25.6 Å². The summed E-state index contributed by atoms with van der Waals surface area (Å²) in [6.07, 6.45) is 5.49. The van der Waals surface area contributed by atoms with Crippen LogP contribution in [0.15, 0.2) is 55.0 Å². The average molecular weight is 534 g/mol. The van der Waals surface area contributed by atoms with Gasteiger partial charge in [0.15, 0.2) is 11.6 Å². The Morgan fingerprint density at radius 1 is 1.08 bits per heavy atom. The van der Waals surface area contributed by atoms with Crippen LogP contribution in [0.1, 0.15) is 27.2 Å². The number of nitrogens with zero attached hydrogens (tertiary/aromatic N) is 4. The Balaban J connectivity index is 1.68. The van der Waals surface area contributed by atoms with Crippen molar-refractivity contribution >= 4 is 34.7 Å². The second-order valence-electron chi connectivity index (χ2n) is 8.42. The third-order valence-corrected chi connectivity index (χ3v) is 5.81. The Morgan fingerprint density at radius 2 is 1.87 bits per heavy atom. The van der Waals surface area contributed by atoms with Gasteiger partial charge in [-0.15, -0.1) is 0 Å². The third-order valence-electron chi connectivity index (χ3n) is 5.60. The maximum Gasteiger partial charge on any atom is 0.254 e. The van der Waals surface area contributed by atoms with Crippen LogP contribution in [0.5, 0.6) is 5.75 Å². The molecule has 1 amide bonds. The molecule has 4 N–H and O–H groups in total. The molecule has 196 valence electrons. The van der Waals surface area contributed by atoms with Gasteiger partial charge in [-0.05, 0) is 54.8 Å². The summed E-state index contributed by atoms with van der Waals surface area (Å²) >= 11 is 6.16. The smallest absolute Gasteiger partial charge is 0.254 e. The zero-order chi connectivity index (χ0) is 27.1. The molecule has 3 aromatic heterocycles. The molecule has 0 aliphatic rings. The van der Waals surface area contributed by atoms with Crippen LogP contribution < -0.4 is 21.1 Å². The number of aromatic nitrogens is 4. The number of hydrogen-bond acceptors (Lipinski definition) is 9. The molecular formula is C27H28ClN7O3. The maximum absolute atomic E-state index is 12.5. The van der Waals surface area contributed by atoms with Crippen molar-refractivity contribution in [3.63, 3.8) is 0 Å². The fourth-order valence-corrected chi connectivity index (χ4v) is 3.94. The molecule has 0 bridgehead atoms. The first-order chi connectivity index (χ1) is 18.4. The number of hydrogen-bond donors (Lipinski definition) is 3. The van der Waals surface area contributed by atoms with Crippen LogP contribution in [0.25, 0.3) is 11.4 Å². The third kappa shape index (κ3) is 6.53. The maximum atomic E-state index is 12.5. The van der Waals surface area contributed by atoms with Crippen molar-refractivity contribution in [2.75, 3.05) is 31.8 Å². The first-order valence-electron chi connectivity index (χ1n) is 11.8. The first kappa shape index (κ1) is 26.8. The van der Waals surface area contributed by atoms with Crippen molar-refractivity contribution in [3.8, 4) is 17.1 Å². The number of amides is 1. The van der Waals surface area contributed by atoms with Gasteiger partial charge < -0.3 is 25.8 Å². The Hall–Kier alpha value is -4.28.